The number of rotatable bonds is 1. The summed E-state index contributed by atoms with van der Waals surface area (Å²) in [6.07, 6.45) is 2.35. The van der Waals surface area contributed by atoms with E-state index in [0.717, 1.165) is 5.39 Å². The Morgan fingerprint density at radius 3 is 2.83 bits per heavy atom. The Bertz CT molecular complexity index is 755. The van der Waals surface area contributed by atoms with Gasteiger partial charge in [0.05, 0.1) is 22.5 Å². The molecule has 1 aliphatic heterocycles. The smallest absolute Gasteiger partial charge is 0.235 e. The molecule has 3 rings (SSSR count). The molecule has 0 spiro atoms. The molecular formula is C12H11N3O2S. The van der Waals surface area contributed by atoms with Gasteiger partial charge in [-0.2, -0.15) is 5.26 Å². The Morgan fingerprint density at radius 2 is 2.17 bits per heavy atom. The Kier molecular flexibility index (Phi) is 2.31. The quantitative estimate of drug-likeness (QED) is 0.846. The van der Waals surface area contributed by atoms with Crippen molar-refractivity contribution in [1.29, 1.82) is 5.26 Å². The Morgan fingerprint density at radius 1 is 1.33 bits per heavy atom. The average Bonchev–Trinajstić information content (AvgIpc) is 2.93. The molecule has 5 nitrogen and oxygen atoms in total. The molecule has 0 atom stereocenters. The van der Waals surface area contributed by atoms with E-state index in [1.165, 1.54) is 4.31 Å². The standard InChI is InChI=1S/C12H11N3O2S/c13-8-10-3-2-9-4-5-14-11(9)12(10)15-6-1-7-18(15,16)17/h2-5,14H,1,6-7H2. The van der Waals surface area contributed by atoms with Crippen LogP contribution in [-0.2, 0) is 10.0 Å². The number of H-pyrrole nitrogens is 1. The number of anilines is 1. The molecule has 1 saturated heterocycles. The SMILES string of the molecule is N#Cc1ccc2cc[nH]c2c1N1CCCS1(=O)=O. The molecule has 0 saturated carbocycles. The van der Waals surface area contributed by atoms with E-state index in [1.807, 2.05) is 12.1 Å². The van der Waals surface area contributed by atoms with Crippen molar-refractivity contribution in [2.75, 3.05) is 16.6 Å². The summed E-state index contributed by atoms with van der Waals surface area (Å²) in [5.41, 5.74) is 1.58. The summed E-state index contributed by atoms with van der Waals surface area (Å²) in [5, 5.41) is 10.1. The van der Waals surface area contributed by atoms with E-state index in [4.69, 9.17) is 5.26 Å². The number of benzene rings is 1. The predicted octanol–water partition coefficient (Wildman–Crippen LogP) is 1.58. The first-order valence-corrected chi connectivity index (χ1v) is 7.25. The van der Waals surface area contributed by atoms with Gasteiger partial charge >= 0.3 is 0 Å². The van der Waals surface area contributed by atoms with Crippen molar-refractivity contribution < 1.29 is 8.42 Å². The van der Waals surface area contributed by atoms with E-state index >= 15 is 0 Å². The topological polar surface area (TPSA) is 77.0 Å². The van der Waals surface area contributed by atoms with Crippen LogP contribution in [0.1, 0.15) is 12.0 Å². The first kappa shape index (κ1) is 11.1. The van der Waals surface area contributed by atoms with Crippen LogP contribution in [-0.4, -0.2) is 25.7 Å². The van der Waals surface area contributed by atoms with Gasteiger partial charge in [0, 0.05) is 18.1 Å². The molecule has 2 aromatic rings. The fourth-order valence-electron chi connectivity index (χ4n) is 2.35. The number of fused-ring (bicyclic) bond motifs is 1. The molecule has 18 heavy (non-hydrogen) atoms. The molecule has 6 heteroatoms. The molecule has 1 fully saturated rings. The van der Waals surface area contributed by atoms with Crippen LogP contribution in [0, 0.1) is 11.3 Å². The first-order valence-electron chi connectivity index (χ1n) is 5.64. The van der Waals surface area contributed by atoms with Gasteiger partial charge < -0.3 is 4.98 Å². The van der Waals surface area contributed by atoms with Crippen molar-refractivity contribution in [3.8, 4) is 6.07 Å². The number of hydrogen-bond donors (Lipinski definition) is 1. The predicted molar refractivity (Wildman–Crippen MR) is 68.8 cm³/mol. The summed E-state index contributed by atoms with van der Waals surface area (Å²) in [7, 11) is -3.28. The number of sulfonamides is 1. The second-order valence-electron chi connectivity index (χ2n) is 4.26. The molecule has 0 unspecified atom stereocenters. The van der Waals surface area contributed by atoms with Crippen LogP contribution in [0.25, 0.3) is 10.9 Å². The summed E-state index contributed by atoms with van der Waals surface area (Å²) in [6, 6.07) is 7.41. The molecule has 1 aromatic carbocycles. The first-order chi connectivity index (χ1) is 8.63. The molecule has 0 bridgehead atoms. The Hall–Kier alpha value is -2.00. The number of aromatic amines is 1. The summed E-state index contributed by atoms with van der Waals surface area (Å²) < 4.78 is 25.3. The number of hydrogen-bond acceptors (Lipinski definition) is 3. The molecule has 0 amide bonds. The van der Waals surface area contributed by atoms with Crippen molar-refractivity contribution in [2.24, 2.45) is 0 Å². The number of nitrogens with one attached hydrogen (secondary N) is 1. The van der Waals surface area contributed by atoms with Crippen LogP contribution < -0.4 is 4.31 Å². The molecule has 1 N–H and O–H groups in total. The van der Waals surface area contributed by atoms with Gasteiger partial charge in [0.2, 0.25) is 10.0 Å². The molecule has 92 valence electrons. The normalized spacial score (nSPS) is 18.1. The highest BCUT2D eigenvalue weighted by molar-refractivity contribution is 7.93. The van der Waals surface area contributed by atoms with E-state index in [-0.39, 0.29) is 5.75 Å². The molecule has 1 aromatic heterocycles. The van der Waals surface area contributed by atoms with Crippen LogP contribution in [0.15, 0.2) is 24.4 Å². The monoisotopic (exact) mass is 261 g/mol. The maximum atomic E-state index is 12.0. The van der Waals surface area contributed by atoms with Gasteiger partial charge in [-0.3, -0.25) is 4.31 Å². The lowest BCUT2D eigenvalue weighted by Gasteiger charge is -2.19. The van der Waals surface area contributed by atoms with Gasteiger partial charge in [0.25, 0.3) is 0 Å². The minimum Gasteiger partial charge on any atom is -0.359 e. The average molecular weight is 261 g/mol. The zero-order valence-electron chi connectivity index (χ0n) is 9.55. The Labute approximate surface area is 105 Å². The summed E-state index contributed by atoms with van der Waals surface area (Å²) in [6.45, 7) is 0.440. The highest BCUT2D eigenvalue weighted by atomic mass is 32.2. The third kappa shape index (κ3) is 1.48. The zero-order valence-corrected chi connectivity index (χ0v) is 10.4. The minimum atomic E-state index is -3.28. The maximum Gasteiger partial charge on any atom is 0.235 e. The molecular weight excluding hydrogens is 250 g/mol. The van der Waals surface area contributed by atoms with E-state index in [2.05, 4.69) is 11.1 Å². The van der Waals surface area contributed by atoms with Crippen molar-refractivity contribution in [3.63, 3.8) is 0 Å². The minimum absolute atomic E-state index is 0.148. The van der Waals surface area contributed by atoms with Gasteiger partial charge in [-0.1, -0.05) is 6.07 Å². The number of aromatic nitrogens is 1. The number of nitrogens with zero attached hydrogens (tertiary/aromatic N) is 2. The molecule has 0 aliphatic carbocycles. The van der Waals surface area contributed by atoms with Crippen LogP contribution in [0.2, 0.25) is 0 Å². The second-order valence-corrected chi connectivity index (χ2v) is 6.27. The number of nitriles is 1. The van der Waals surface area contributed by atoms with Crippen molar-refractivity contribution in [3.05, 3.63) is 30.0 Å². The Balaban J connectivity index is 2.33. The summed E-state index contributed by atoms with van der Waals surface area (Å²) >= 11 is 0. The van der Waals surface area contributed by atoms with E-state index in [0.29, 0.717) is 29.7 Å². The van der Waals surface area contributed by atoms with Gasteiger partial charge in [-0.05, 0) is 18.6 Å². The van der Waals surface area contributed by atoms with Crippen molar-refractivity contribution in [1.82, 2.24) is 4.98 Å². The fraction of sp³-hybridized carbons (Fsp3) is 0.250. The van der Waals surface area contributed by atoms with Gasteiger partial charge in [-0.15, -0.1) is 0 Å². The lowest BCUT2D eigenvalue weighted by Crippen LogP contribution is -2.26. The lowest BCUT2D eigenvalue weighted by atomic mass is 10.1. The third-order valence-electron chi connectivity index (χ3n) is 3.17. The van der Waals surface area contributed by atoms with Gasteiger partial charge in [0.15, 0.2) is 0 Å². The fourth-order valence-corrected chi connectivity index (χ4v) is 3.94. The highest BCUT2D eigenvalue weighted by Gasteiger charge is 2.31. The van der Waals surface area contributed by atoms with Crippen LogP contribution in [0.4, 0.5) is 5.69 Å². The van der Waals surface area contributed by atoms with Gasteiger partial charge in [-0.25, -0.2) is 8.42 Å². The van der Waals surface area contributed by atoms with Crippen LogP contribution >= 0.6 is 0 Å². The van der Waals surface area contributed by atoms with E-state index < -0.39 is 10.0 Å². The van der Waals surface area contributed by atoms with Crippen LogP contribution in [0.3, 0.4) is 0 Å². The molecule has 0 radical (unpaired) electrons. The van der Waals surface area contributed by atoms with Crippen LogP contribution in [0.5, 0.6) is 0 Å². The highest BCUT2D eigenvalue weighted by Crippen LogP contribution is 2.33. The van der Waals surface area contributed by atoms with E-state index in [1.54, 1.807) is 12.3 Å². The zero-order chi connectivity index (χ0) is 12.8. The van der Waals surface area contributed by atoms with Crippen molar-refractivity contribution >= 4 is 26.6 Å². The molecule has 2 heterocycles. The molecule has 1 aliphatic rings. The summed E-state index contributed by atoms with van der Waals surface area (Å²) in [4.78, 5) is 3.02. The maximum absolute atomic E-state index is 12.0. The van der Waals surface area contributed by atoms with E-state index in [9.17, 15) is 8.42 Å². The van der Waals surface area contributed by atoms with Crippen molar-refractivity contribution in [2.45, 2.75) is 6.42 Å². The lowest BCUT2D eigenvalue weighted by molar-refractivity contribution is 0.599. The third-order valence-corrected chi connectivity index (χ3v) is 5.01. The largest absolute Gasteiger partial charge is 0.359 e. The second kappa shape index (κ2) is 3.75. The summed E-state index contributed by atoms with van der Waals surface area (Å²) in [5.74, 6) is 0.148. The van der Waals surface area contributed by atoms with Gasteiger partial charge in [0.1, 0.15) is 6.07 Å².